The Labute approximate surface area is 162 Å². The standard InChI is InChI=1S/C27H24/c1-20-8-7-11-24(18-20)23-16-14-22(15-17-23)19-25-10-4-6-13-27(25)26-12-5-3-9-21(26)2/h3-18H,19H2,1-2H3. The average Bonchev–Trinajstić information content (AvgIpc) is 2.70. The minimum Gasteiger partial charge on any atom is -0.0620 e. The highest BCUT2D eigenvalue weighted by molar-refractivity contribution is 5.71. The van der Waals surface area contributed by atoms with Crippen LogP contribution in [0, 0.1) is 13.8 Å². The molecule has 0 saturated heterocycles. The topological polar surface area (TPSA) is 0 Å². The van der Waals surface area contributed by atoms with Gasteiger partial charge in [0.1, 0.15) is 0 Å². The number of rotatable bonds is 4. The van der Waals surface area contributed by atoms with Crippen LogP contribution >= 0.6 is 0 Å². The lowest BCUT2D eigenvalue weighted by Crippen LogP contribution is -1.93. The first kappa shape index (κ1) is 17.3. The number of hydrogen-bond donors (Lipinski definition) is 0. The summed E-state index contributed by atoms with van der Waals surface area (Å²) in [6.45, 7) is 4.32. The van der Waals surface area contributed by atoms with Crippen LogP contribution in [0.3, 0.4) is 0 Å². The van der Waals surface area contributed by atoms with Crippen LogP contribution in [0.15, 0.2) is 97.1 Å². The summed E-state index contributed by atoms with van der Waals surface area (Å²) >= 11 is 0. The third-order valence-electron chi connectivity index (χ3n) is 5.15. The highest BCUT2D eigenvalue weighted by atomic mass is 14.1. The maximum absolute atomic E-state index is 2.26. The van der Waals surface area contributed by atoms with Crippen LogP contribution < -0.4 is 0 Å². The molecule has 0 bridgehead atoms. The Morgan fingerprint density at radius 3 is 2.00 bits per heavy atom. The lowest BCUT2D eigenvalue weighted by molar-refractivity contribution is 1.19. The van der Waals surface area contributed by atoms with E-state index in [1.165, 1.54) is 44.5 Å². The molecule has 132 valence electrons. The summed E-state index contributed by atoms with van der Waals surface area (Å²) in [6, 6.07) is 35.0. The van der Waals surface area contributed by atoms with Gasteiger partial charge in [-0.25, -0.2) is 0 Å². The van der Waals surface area contributed by atoms with Crippen molar-refractivity contribution in [2.45, 2.75) is 20.3 Å². The second kappa shape index (κ2) is 7.63. The summed E-state index contributed by atoms with van der Waals surface area (Å²) in [5.41, 5.74) is 10.5. The SMILES string of the molecule is Cc1cccc(-c2ccc(Cc3ccccc3-c3ccccc3C)cc2)c1. The van der Waals surface area contributed by atoms with Gasteiger partial charge in [-0.05, 0) is 59.2 Å². The Morgan fingerprint density at radius 2 is 1.26 bits per heavy atom. The average molecular weight is 348 g/mol. The van der Waals surface area contributed by atoms with Gasteiger partial charge in [-0.15, -0.1) is 0 Å². The smallest absolute Gasteiger partial charge is 0.00196 e. The minimum absolute atomic E-state index is 0.943. The van der Waals surface area contributed by atoms with Crippen LogP contribution in [-0.4, -0.2) is 0 Å². The first-order chi connectivity index (χ1) is 13.2. The van der Waals surface area contributed by atoms with Crippen LogP contribution in [0.1, 0.15) is 22.3 Å². The van der Waals surface area contributed by atoms with Gasteiger partial charge in [0.2, 0.25) is 0 Å². The van der Waals surface area contributed by atoms with Crippen molar-refractivity contribution in [3.05, 3.63) is 119 Å². The first-order valence-corrected chi connectivity index (χ1v) is 9.50. The number of hydrogen-bond acceptors (Lipinski definition) is 0. The van der Waals surface area contributed by atoms with Gasteiger partial charge in [0, 0.05) is 0 Å². The maximum Gasteiger partial charge on any atom is -0.00196 e. The monoisotopic (exact) mass is 348 g/mol. The van der Waals surface area contributed by atoms with E-state index < -0.39 is 0 Å². The van der Waals surface area contributed by atoms with Gasteiger partial charge in [0.05, 0.1) is 0 Å². The quantitative estimate of drug-likeness (QED) is 0.365. The molecular weight excluding hydrogens is 324 g/mol. The van der Waals surface area contributed by atoms with E-state index in [-0.39, 0.29) is 0 Å². The molecule has 0 aliphatic carbocycles. The summed E-state index contributed by atoms with van der Waals surface area (Å²) in [5, 5.41) is 0. The first-order valence-electron chi connectivity index (χ1n) is 9.50. The van der Waals surface area contributed by atoms with E-state index in [2.05, 4.69) is 111 Å². The predicted octanol–water partition coefficient (Wildman–Crippen LogP) is 7.23. The summed E-state index contributed by atoms with van der Waals surface area (Å²) in [6.07, 6.45) is 0.943. The Kier molecular flexibility index (Phi) is 4.89. The van der Waals surface area contributed by atoms with Crippen LogP contribution in [0.4, 0.5) is 0 Å². The highest BCUT2D eigenvalue weighted by Crippen LogP contribution is 2.29. The van der Waals surface area contributed by atoms with E-state index in [1.54, 1.807) is 0 Å². The molecule has 4 aromatic rings. The molecule has 0 aliphatic rings. The molecule has 0 amide bonds. The fraction of sp³-hybridized carbons (Fsp3) is 0.111. The molecule has 0 heteroatoms. The molecular formula is C27H24. The van der Waals surface area contributed by atoms with Crippen molar-refractivity contribution < 1.29 is 0 Å². The van der Waals surface area contributed by atoms with Crippen LogP contribution in [0.25, 0.3) is 22.3 Å². The van der Waals surface area contributed by atoms with Gasteiger partial charge in [0.15, 0.2) is 0 Å². The second-order valence-corrected chi connectivity index (χ2v) is 7.22. The van der Waals surface area contributed by atoms with Crippen molar-refractivity contribution in [2.75, 3.05) is 0 Å². The second-order valence-electron chi connectivity index (χ2n) is 7.22. The Morgan fingerprint density at radius 1 is 0.556 bits per heavy atom. The van der Waals surface area contributed by atoms with Gasteiger partial charge in [-0.1, -0.05) is 103 Å². The Hall–Kier alpha value is -3.12. The molecule has 0 unspecified atom stereocenters. The van der Waals surface area contributed by atoms with Crippen molar-refractivity contribution in [1.82, 2.24) is 0 Å². The van der Waals surface area contributed by atoms with Gasteiger partial charge in [-0.3, -0.25) is 0 Å². The Balaban J connectivity index is 1.63. The molecule has 0 fully saturated rings. The minimum atomic E-state index is 0.943. The summed E-state index contributed by atoms with van der Waals surface area (Å²) in [7, 11) is 0. The molecule has 0 aliphatic heterocycles. The van der Waals surface area contributed by atoms with E-state index >= 15 is 0 Å². The molecule has 0 saturated carbocycles. The van der Waals surface area contributed by atoms with Gasteiger partial charge in [-0.2, -0.15) is 0 Å². The zero-order valence-electron chi connectivity index (χ0n) is 15.9. The number of benzene rings is 4. The van der Waals surface area contributed by atoms with Gasteiger partial charge >= 0.3 is 0 Å². The molecule has 0 nitrogen and oxygen atoms in total. The maximum atomic E-state index is 2.26. The van der Waals surface area contributed by atoms with Gasteiger partial charge < -0.3 is 0 Å². The van der Waals surface area contributed by atoms with Crippen molar-refractivity contribution >= 4 is 0 Å². The third kappa shape index (κ3) is 3.85. The zero-order valence-corrected chi connectivity index (χ0v) is 15.9. The summed E-state index contributed by atoms with van der Waals surface area (Å²) in [4.78, 5) is 0. The molecule has 0 aromatic heterocycles. The largest absolute Gasteiger partial charge is 0.0620 e. The van der Waals surface area contributed by atoms with Crippen molar-refractivity contribution in [3.63, 3.8) is 0 Å². The lowest BCUT2D eigenvalue weighted by atomic mass is 9.92. The molecule has 0 N–H and O–H groups in total. The van der Waals surface area contributed by atoms with E-state index in [9.17, 15) is 0 Å². The fourth-order valence-electron chi connectivity index (χ4n) is 3.67. The van der Waals surface area contributed by atoms with Crippen molar-refractivity contribution in [3.8, 4) is 22.3 Å². The van der Waals surface area contributed by atoms with Crippen molar-refractivity contribution in [2.24, 2.45) is 0 Å². The van der Waals surface area contributed by atoms with Crippen LogP contribution in [0.2, 0.25) is 0 Å². The van der Waals surface area contributed by atoms with E-state index in [1.807, 2.05) is 0 Å². The highest BCUT2D eigenvalue weighted by Gasteiger charge is 2.08. The Bertz CT molecular complexity index is 1060. The molecule has 0 heterocycles. The number of aryl methyl sites for hydroxylation is 2. The zero-order chi connectivity index (χ0) is 18.6. The lowest BCUT2D eigenvalue weighted by Gasteiger charge is -2.12. The normalized spacial score (nSPS) is 10.7. The summed E-state index contributed by atoms with van der Waals surface area (Å²) in [5.74, 6) is 0. The molecule has 27 heavy (non-hydrogen) atoms. The molecule has 0 radical (unpaired) electrons. The summed E-state index contributed by atoms with van der Waals surface area (Å²) < 4.78 is 0. The van der Waals surface area contributed by atoms with E-state index in [4.69, 9.17) is 0 Å². The molecule has 0 spiro atoms. The van der Waals surface area contributed by atoms with Gasteiger partial charge in [0.25, 0.3) is 0 Å². The molecule has 0 atom stereocenters. The van der Waals surface area contributed by atoms with Crippen LogP contribution in [0.5, 0.6) is 0 Å². The van der Waals surface area contributed by atoms with E-state index in [0.29, 0.717) is 0 Å². The molecule has 4 rings (SSSR count). The third-order valence-corrected chi connectivity index (χ3v) is 5.15. The fourth-order valence-corrected chi connectivity index (χ4v) is 3.67. The van der Waals surface area contributed by atoms with E-state index in [0.717, 1.165) is 6.42 Å². The predicted molar refractivity (Wildman–Crippen MR) is 116 cm³/mol. The van der Waals surface area contributed by atoms with Crippen LogP contribution in [-0.2, 0) is 6.42 Å². The molecule has 4 aromatic carbocycles. The van der Waals surface area contributed by atoms with Crippen molar-refractivity contribution in [1.29, 1.82) is 0 Å².